The maximum Gasteiger partial charge on any atom is 0.456 e. The molecule has 0 aliphatic carbocycles. The minimum absolute atomic E-state index is 0.695. The standard InChI is InChI=1S/C7H12F6Si/c1-14(2,3)4-5(8)6(9,10)7(11,12)13/h5H,4H2,1-3H3. The Balaban J connectivity index is 4.61. The van der Waals surface area contributed by atoms with E-state index < -0.39 is 32.4 Å². The second-order valence-corrected chi connectivity index (χ2v) is 9.88. The third-order valence-corrected chi connectivity index (χ3v) is 3.15. The molecule has 7 heteroatoms. The molecule has 0 aliphatic heterocycles. The highest BCUT2D eigenvalue weighted by atomic mass is 28.3. The zero-order chi connectivity index (χ0) is 11.8. The quantitative estimate of drug-likeness (QED) is 0.517. The molecule has 0 heterocycles. The highest BCUT2D eigenvalue weighted by Gasteiger charge is 2.63. The number of alkyl halides is 6. The molecule has 0 saturated heterocycles. The number of rotatable bonds is 3. The first-order valence-electron chi connectivity index (χ1n) is 3.96. The van der Waals surface area contributed by atoms with Crippen molar-refractivity contribution in [1.29, 1.82) is 0 Å². The minimum Gasteiger partial charge on any atom is -0.241 e. The Kier molecular flexibility index (Phi) is 3.69. The van der Waals surface area contributed by atoms with Gasteiger partial charge in [-0.3, -0.25) is 0 Å². The van der Waals surface area contributed by atoms with Crippen LogP contribution in [0.15, 0.2) is 0 Å². The molecule has 86 valence electrons. The van der Waals surface area contributed by atoms with Crippen LogP contribution in [0.4, 0.5) is 26.3 Å². The molecular formula is C7H12F6Si. The number of hydrogen-bond donors (Lipinski definition) is 0. The van der Waals surface area contributed by atoms with Crippen LogP contribution in [0.3, 0.4) is 0 Å². The van der Waals surface area contributed by atoms with Crippen LogP contribution in [-0.2, 0) is 0 Å². The fraction of sp³-hybridized carbons (Fsp3) is 1.00. The molecule has 14 heavy (non-hydrogen) atoms. The van der Waals surface area contributed by atoms with Crippen molar-refractivity contribution >= 4 is 8.07 Å². The van der Waals surface area contributed by atoms with E-state index in [1.165, 1.54) is 19.6 Å². The van der Waals surface area contributed by atoms with E-state index in [2.05, 4.69) is 0 Å². The molecular weight excluding hydrogens is 226 g/mol. The van der Waals surface area contributed by atoms with Crippen LogP contribution in [0.5, 0.6) is 0 Å². The van der Waals surface area contributed by atoms with E-state index in [4.69, 9.17) is 0 Å². The second kappa shape index (κ2) is 3.75. The van der Waals surface area contributed by atoms with Crippen LogP contribution in [0, 0.1) is 0 Å². The normalized spacial score (nSPS) is 16.9. The highest BCUT2D eigenvalue weighted by molar-refractivity contribution is 6.76. The summed E-state index contributed by atoms with van der Waals surface area (Å²) < 4.78 is 72.5. The van der Waals surface area contributed by atoms with Gasteiger partial charge in [0.2, 0.25) is 0 Å². The van der Waals surface area contributed by atoms with Crippen molar-refractivity contribution in [3.63, 3.8) is 0 Å². The van der Waals surface area contributed by atoms with Crippen LogP contribution in [-0.4, -0.2) is 26.3 Å². The molecule has 0 aromatic heterocycles. The monoisotopic (exact) mass is 238 g/mol. The van der Waals surface area contributed by atoms with Gasteiger partial charge < -0.3 is 0 Å². The van der Waals surface area contributed by atoms with E-state index in [0.717, 1.165) is 0 Å². The van der Waals surface area contributed by atoms with Crippen molar-refractivity contribution < 1.29 is 26.3 Å². The lowest BCUT2D eigenvalue weighted by Crippen LogP contribution is -2.47. The van der Waals surface area contributed by atoms with E-state index in [-0.39, 0.29) is 0 Å². The van der Waals surface area contributed by atoms with E-state index in [9.17, 15) is 26.3 Å². The summed E-state index contributed by atoms with van der Waals surface area (Å²) in [5.74, 6) is -5.23. The van der Waals surface area contributed by atoms with Gasteiger partial charge in [-0.15, -0.1) is 0 Å². The Bertz CT molecular complexity index is 191. The molecule has 1 atom stereocenters. The van der Waals surface area contributed by atoms with E-state index in [0.29, 0.717) is 0 Å². The summed E-state index contributed by atoms with van der Waals surface area (Å²) in [6, 6.07) is -0.695. The van der Waals surface area contributed by atoms with Crippen molar-refractivity contribution in [3.05, 3.63) is 0 Å². The molecule has 0 aromatic carbocycles. The SMILES string of the molecule is C[Si](C)(C)CC(F)C(F)(F)C(F)(F)F. The zero-order valence-electron chi connectivity index (χ0n) is 8.05. The summed E-state index contributed by atoms with van der Waals surface area (Å²) in [4.78, 5) is 0. The van der Waals surface area contributed by atoms with Crippen LogP contribution in [0.1, 0.15) is 0 Å². The van der Waals surface area contributed by atoms with Gasteiger partial charge in [-0.25, -0.2) is 4.39 Å². The molecule has 0 N–H and O–H groups in total. The summed E-state index contributed by atoms with van der Waals surface area (Å²) in [5, 5.41) is 0. The zero-order valence-corrected chi connectivity index (χ0v) is 9.05. The highest BCUT2D eigenvalue weighted by Crippen LogP contribution is 2.41. The van der Waals surface area contributed by atoms with E-state index in [1.54, 1.807) is 0 Å². The molecule has 0 saturated carbocycles. The summed E-state index contributed by atoms with van der Waals surface area (Å²) in [5.41, 5.74) is 0. The van der Waals surface area contributed by atoms with Gasteiger partial charge in [-0.05, 0) is 6.04 Å². The summed E-state index contributed by atoms with van der Waals surface area (Å²) >= 11 is 0. The van der Waals surface area contributed by atoms with Gasteiger partial charge >= 0.3 is 12.1 Å². The minimum atomic E-state index is -5.80. The third kappa shape index (κ3) is 3.51. The summed E-state index contributed by atoms with van der Waals surface area (Å²) in [6.45, 7) is 4.60. The molecule has 0 aliphatic rings. The van der Waals surface area contributed by atoms with Crippen molar-refractivity contribution in [1.82, 2.24) is 0 Å². The van der Waals surface area contributed by atoms with Crippen LogP contribution < -0.4 is 0 Å². The molecule has 0 radical (unpaired) electrons. The fourth-order valence-electron chi connectivity index (χ4n) is 0.843. The van der Waals surface area contributed by atoms with Gasteiger partial charge in [0.25, 0.3) is 0 Å². The van der Waals surface area contributed by atoms with Crippen LogP contribution in [0.2, 0.25) is 25.7 Å². The van der Waals surface area contributed by atoms with Gasteiger partial charge in [-0.1, -0.05) is 19.6 Å². The number of halogens is 6. The van der Waals surface area contributed by atoms with Crippen LogP contribution >= 0.6 is 0 Å². The lowest BCUT2D eigenvalue weighted by atomic mass is 10.2. The predicted molar refractivity (Wildman–Crippen MR) is 44.1 cm³/mol. The first-order valence-corrected chi connectivity index (χ1v) is 7.67. The Morgan fingerprint density at radius 1 is 1.00 bits per heavy atom. The first kappa shape index (κ1) is 13.8. The van der Waals surface area contributed by atoms with Gasteiger partial charge in [0.15, 0.2) is 6.17 Å². The first-order chi connectivity index (χ1) is 5.88. The van der Waals surface area contributed by atoms with E-state index in [1.807, 2.05) is 0 Å². The Hall–Kier alpha value is -0.203. The topological polar surface area (TPSA) is 0 Å². The second-order valence-electron chi connectivity index (χ2n) is 4.35. The van der Waals surface area contributed by atoms with Crippen molar-refractivity contribution in [2.75, 3.05) is 0 Å². The van der Waals surface area contributed by atoms with Gasteiger partial charge in [-0.2, -0.15) is 22.0 Å². The lowest BCUT2D eigenvalue weighted by molar-refractivity contribution is -0.300. The average Bonchev–Trinajstić information content (AvgIpc) is 1.80. The Labute approximate surface area is 79.3 Å². The third-order valence-electron chi connectivity index (χ3n) is 1.56. The van der Waals surface area contributed by atoms with Crippen molar-refractivity contribution in [2.45, 2.75) is 44.0 Å². The molecule has 1 unspecified atom stereocenters. The average molecular weight is 238 g/mol. The molecule has 0 bridgehead atoms. The maximum atomic E-state index is 12.7. The van der Waals surface area contributed by atoms with Crippen LogP contribution in [0.25, 0.3) is 0 Å². The molecule has 0 spiro atoms. The van der Waals surface area contributed by atoms with Crippen molar-refractivity contribution in [3.8, 4) is 0 Å². The van der Waals surface area contributed by atoms with Crippen molar-refractivity contribution in [2.24, 2.45) is 0 Å². The lowest BCUT2D eigenvalue weighted by Gasteiger charge is -2.27. The largest absolute Gasteiger partial charge is 0.456 e. The molecule has 0 aromatic rings. The maximum absolute atomic E-state index is 12.7. The molecule has 0 nitrogen and oxygen atoms in total. The molecule has 0 fully saturated rings. The predicted octanol–water partition coefficient (Wildman–Crippen LogP) is 3.86. The summed E-state index contributed by atoms with van der Waals surface area (Å²) in [7, 11) is -2.26. The smallest absolute Gasteiger partial charge is 0.241 e. The fourth-order valence-corrected chi connectivity index (χ4v) is 2.18. The number of hydrogen-bond acceptors (Lipinski definition) is 0. The molecule has 0 rings (SSSR count). The molecule has 0 amide bonds. The van der Waals surface area contributed by atoms with Gasteiger partial charge in [0.1, 0.15) is 0 Å². The Morgan fingerprint density at radius 2 is 1.36 bits per heavy atom. The van der Waals surface area contributed by atoms with E-state index >= 15 is 0 Å². The summed E-state index contributed by atoms with van der Waals surface area (Å²) in [6.07, 6.45) is -8.93. The van der Waals surface area contributed by atoms with Gasteiger partial charge in [0.05, 0.1) is 0 Å². The Morgan fingerprint density at radius 3 is 1.57 bits per heavy atom. The van der Waals surface area contributed by atoms with Gasteiger partial charge in [0, 0.05) is 8.07 Å².